The van der Waals surface area contributed by atoms with Gasteiger partial charge >= 0.3 is 5.69 Å². The zero-order chi connectivity index (χ0) is 13.8. The van der Waals surface area contributed by atoms with Crippen LogP contribution < -0.4 is 11.2 Å². The first kappa shape index (κ1) is 13.5. The lowest BCUT2D eigenvalue weighted by atomic mass is 10.3. The van der Waals surface area contributed by atoms with Gasteiger partial charge in [-0.3, -0.25) is 14.3 Å². The monoisotopic (exact) mass is 266 g/mol. The van der Waals surface area contributed by atoms with Crippen molar-refractivity contribution < 1.29 is 4.74 Å². The molecule has 2 heterocycles. The van der Waals surface area contributed by atoms with Crippen LogP contribution in [-0.2, 0) is 17.8 Å². The number of fused-ring (bicyclic) bond motifs is 1. The first-order valence-electron chi connectivity index (χ1n) is 6.36. The molecule has 0 fully saturated rings. The fourth-order valence-corrected chi connectivity index (χ4v) is 2.00. The normalized spacial score (nSPS) is 11.3. The number of imidazole rings is 1. The van der Waals surface area contributed by atoms with Gasteiger partial charge in [-0.15, -0.1) is 0 Å². The van der Waals surface area contributed by atoms with Crippen LogP contribution in [0.2, 0.25) is 0 Å². The standard InChI is InChI=1S/C12H18N4O3/c1-3-4-5-16-10-9(11(17)14-12(16)18)15(8-13-10)6-7-19-2/h8H,3-7H2,1-2H3,(H,14,17,18). The second-order valence-electron chi connectivity index (χ2n) is 4.37. The maximum atomic E-state index is 11.9. The van der Waals surface area contributed by atoms with Gasteiger partial charge in [-0.1, -0.05) is 13.3 Å². The highest BCUT2D eigenvalue weighted by molar-refractivity contribution is 5.69. The van der Waals surface area contributed by atoms with E-state index < -0.39 is 11.2 Å². The number of aryl methyl sites for hydroxylation is 1. The molecule has 0 spiro atoms. The number of nitrogens with one attached hydrogen (secondary N) is 1. The summed E-state index contributed by atoms with van der Waals surface area (Å²) in [5, 5.41) is 0. The first-order valence-corrected chi connectivity index (χ1v) is 6.36. The van der Waals surface area contributed by atoms with E-state index in [1.54, 1.807) is 18.0 Å². The number of aromatic amines is 1. The van der Waals surface area contributed by atoms with Crippen LogP contribution in [0.25, 0.3) is 11.2 Å². The van der Waals surface area contributed by atoms with Crippen LogP contribution in [0, 0.1) is 0 Å². The van der Waals surface area contributed by atoms with E-state index in [1.807, 2.05) is 6.92 Å². The number of nitrogens with zero attached hydrogens (tertiary/aromatic N) is 3. The summed E-state index contributed by atoms with van der Waals surface area (Å²) in [6, 6.07) is 0. The molecular weight excluding hydrogens is 248 g/mol. The molecule has 0 unspecified atom stereocenters. The summed E-state index contributed by atoms with van der Waals surface area (Å²) in [6.07, 6.45) is 3.41. The number of H-pyrrole nitrogens is 1. The van der Waals surface area contributed by atoms with Crippen molar-refractivity contribution in [2.24, 2.45) is 0 Å². The summed E-state index contributed by atoms with van der Waals surface area (Å²) in [6.45, 7) is 3.62. The summed E-state index contributed by atoms with van der Waals surface area (Å²) in [7, 11) is 1.60. The second kappa shape index (κ2) is 5.83. The van der Waals surface area contributed by atoms with E-state index in [1.165, 1.54) is 4.57 Å². The molecule has 0 atom stereocenters. The number of methoxy groups -OCH3 is 1. The smallest absolute Gasteiger partial charge is 0.330 e. The number of rotatable bonds is 6. The third kappa shape index (κ3) is 2.60. The average molecular weight is 266 g/mol. The zero-order valence-electron chi connectivity index (χ0n) is 11.2. The van der Waals surface area contributed by atoms with E-state index in [2.05, 4.69) is 9.97 Å². The molecule has 0 amide bonds. The lowest BCUT2D eigenvalue weighted by molar-refractivity contribution is 0.188. The summed E-state index contributed by atoms with van der Waals surface area (Å²) < 4.78 is 8.22. The largest absolute Gasteiger partial charge is 0.383 e. The Labute approximate surface area is 109 Å². The van der Waals surface area contributed by atoms with Gasteiger partial charge in [-0.25, -0.2) is 9.78 Å². The number of hydrogen-bond acceptors (Lipinski definition) is 4. The topological polar surface area (TPSA) is 81.9 Å². The Morgan fingerprint density at radius 2 is 2.16 bits per heavy atom. The summed E-state index contributed by atoms with van der Waals surface area (Å²) in [5.41, 5.74) is 0.0651. The third-order valence-corrected chi connectivity index (χ3v) is 3.03. The van der Waals surface area contributed by atoms with Gasteiger partial charge in [0.15, 0.2) is 11.2 Å². The molecule has 2 rings (SSSR count). The Morgan fingerprint density at radius 1 is 1.37 bits per heavy atom. The molecule has 2 aromatic rings. The summed E-state index contributed by atoms with van der Waals surface area (Å²) in [5.74, 6) is 0. The van der Waals surface area contributed by atoms with Crippen LogP contribution in [0.5, 0.6) is 0 Å². The molecular formula is C12H18N4O3. The van der Waals surface area contributed by atoms with Gasteiger partial charge < -0.3 is 9.30 Å². The molecule has 0 aromatic carbocycles. The Hall–Kier alpha value is -1.89. The van der Waals surface area contributed by atoms with Gasteiger partial charge in [0.05, 0.1) is 12.9 Å². The maximum Gasteiger partial charge on any atom is 0.330 e. The minimum Gasteiger partial charge on any atom is -0.383 e. The summed E-state index contributed by atoms with van der Waals surface area (Å²) in [4.78, 5) is 30.3. The highest BCUT2D eigenvalue weighted by atomic mass is 16.5. The van der Waals surface area contributed by atoms with Gasteiger partial charge in [0.1, 0.15) is 0 Å². The van der Waals surface area contributed by atoms with Crippen LogP contribution in [0.4, 0.5) is 0 Å². The molecule has 104 valence electrons. The van der Waals surface area contributed by atoms with Gasteiger partial charge in [-0.2, -0.15) is 0 Å². The predicted molar refractivity (Wildman–Crippen MR) is 71.4 cm³/mol. The van der Waals surface area contributed by atoms with Gasteiger partial charge in [0.2, 0.25) is 0 Å². The van der Waals surface area contributed by atoms with E-state index in [0.29, 0.717) is 30.9 Å². The Balaban J connectivity index is 2.55. The second-order valence-corrected chi connectivity index (χ2v) is 4.37. The Morgan fingerprint density at radius 3 is 2.84 bits per heavy atom. The number of unbranched alkanes of at least 4 members (excludes halogenated alkanes) is 1. The molecule has 0 saturated heterocycles. The average Bonchev–Trinajstić information content (AvgIpc) is 2.80. The summed E-state index contributed by atoms with van der Waals surface area (Å²) >= 11 is 0. The number of hydrogen-bond donors (Lipinski definition) is 1. The minimum absolute atomic E-state index is 0.400. The van der Waals surface area contributed by atoms with Crippen LogP contribution in [0.1, 0.15) is 19.8 Å². The van der Waals surface area contributed by atoms with E-state index >= 15 is 0 Å². The van der Waals surface area contributed by atoms with E-state index in [-0.39, 0.29) is 0 Å². The molecule has 19 heavy (non-hydrogen) atoms. The van der Waals surface area contributed by atoms with E-state index in [9.17, 15) is 9.59 Å². The van der Waals surface area contributed by atoms with Gasteiger partial charge in [-0.05, 0) is 6.42 Å². The van der Waals surface area contributed by atoms with Crippen molar-refractivity contribution >= 4 is 11.2 Å². The molecule has 0 saturated carbocycles. The fourth-order valence-electron chi connectivity index (χ4n) is 2.00. The Bertz CT molecular complexity index is 668. The lowest BCUT2D eigenvalue weighted by Crippen LogP contribution is -2.31. The molecule has 0 aliphatic carbocycles. The van der Waals surface area contributed by atoms with E-state index in [0.717, 1.165) is 12.8 Å². The van der Waals surface area contributed by atoms with Crippen molar-refractivity contribution in [1.82, 2.24) is 19.1 Å². The molecule has 0 radical (unpaired) electrons. The molecule has 1 N–H and O–H groups in total. The van der Waals surface area contributed by atoms with Crippen molar-refractivity contribution in [2.45, 2.75) is 32.9 Å². The molecule has 0 bridgehead atoms. The fraction of sp³-hybridized carbons (Fsp3) is 0.583. The van der Waals surface area contributed by atoms with Crippen LogP contribution >= 0.6 is 0 Å². The highest BCUT2D eigenvalue weighted by Crippen LogP contribution is 2.06. The van der Waals surface area contributed by atoms with Gasteiger partial charge in [0.25, 0.3) is 5.56 Å². The minimum atomic E-state index is -0.402. The van der Waals surface area contributed by atoms with Crippen molar-refractivity contribution in [3.63, 3.8) is 0 Å². The molecule has 0 aliphatic heterocycles. The quantitative estimate of drug-likeness (QED) is 0.817. The predicted octanol–water partition coefficient (Wildman–Crippen LogP) is 0.333. The van der Waals surface area contributed by atoms with E-state index in [4.69, 9.17) is 4.74 Å². The SMILES string of the molecule is CCCCn1c(=O)[nH]c(=O)c2c1ncn2CCOC. The lowest BCUT2D eigenvalue weighted by Gasteiger charge is -2.06. The maximum absolute atomic E-state index is 11.9. The molecule has 0 aliphatic rings. The number of aromatic nitrogens is 4. The number of ether oxygens (including phenoxy) is 1. The van der Waals surface area contributed by atoms with Crippen LogP contribution in [0.3, 0.4) is 0 Å². The van der Waals surface area contributed by atoms with Crippen molar-refractivity contribution in [2.75, 3.05) is 13.7 Å². The van der Waals surface area contributed by atoms with Crippen LogP contribution in [0.15, 0.2) is 15.9 Å². The molecule has 7 nitrogen and oxygen atoms in total. The molecule has 2 aromatic heterocycles. The van der Waals surface area contributed by atoms with Crippen molar-refractivity contribution in [3.8, 4) is 0 Å². The van der Waals surface area contributed by atoms with Crippen LogP contribution in [-0.4, -0.2) is 32.8 Å². The van der Waals surface area contributed by atoms with Crippen molar-refractivity contribution in [1.29, 1.82) is 0 Å². The van der Waals surface area contributed by atoms with Crippen molar-refractivity contribution in [3.05, 3.63) is 27.2 Å². The first-order chi connectivity index (χ1) is 9.19. The zero-order valence-corrected chi connectivity index (χ0v) is 11.2. The molecule has 7 heteroatoms. The third-order valence-electron chi connectivity index (χ3n) is 3.03. The Kier molecular flexibility index (Phi) is 4.16. The van der Waals surface area contributed by atoms with Gasteiger partial charge in [0, 0.05) is 20.2 Å². The highest BCUT2D eigenvalue weighted by Gasteiger charge is 2.12.